The van der Waals surface area contributed by atoms with Gasteiger partial charge in [-0.2, -0.15) is 0 Å². The van der Waals surface area contributed by atoms with Gasteiger partial charge in [0.05, 0.1) is 32.0 Å². The van der Waals surface area contributed by atoms with Crippen LogP contribution in [0.4, 0.5) is 0 Å². The quantitative estimate of drug-likeness (QED) is 0.0204. The second-order valence-electron chi connectivity index (χ2n) is 23.6. The molecule has 1 amide bonds. The topological polar surface area (TPSA) is 228 Å². The van der Waals surface area contributed by atoms with Crippen molar-refractivity contribution >= 4 is 5.91 Å². The van der Waals surface area contributed by atoms with Crippen molar-refractivity contribution in [2.24, 2.45) is 0 Å². The number of nitrogens with one attached hydrogen (secondary N) is 1. The molecule has 2 fully saturated rings. The summed E-state index contributed by atoms with van der Waals surface area (Å²) in [6, 6.07) is -0.913. The second kappa shape index (κ2) is 50.9. The predicted octanol–water partition coefficient (Wildman–Crippen LogP) is 12.4. The Balaban J connectivity index is 1.71. The number of allylic oxidation sites excluding steroid dienone is 3. The highest BCUT2D eigenvalue weighted by atomic mass is 16.7. The lowest BCUT2D eigenvalue weighted by Gasteiger charge is -2.46. The summed E-state index contributed by atoms with van der Waals surface area (Å²) < 4.78 is 22.8. The molecule has 2 aliphatic heterocycles. The van der Waals surface area contributed by atoms with E-state index in [9.17, 15) is 45.6 Å². The van der Waals surface area contributed by atoms with Gasteiger partial charge in [0.15, 0.2) is 12.6 Å². The summed E-state index contributed by atoms with van der Waals surface area (Å²) >= 11 is 0. The van der Waals surface area contributed by atoms with Gasteiger partial charge in [-0.25, -0.2) is 0 Å². The van der Waals surface area contributed by atoms with E-state index in [-0.39, 0.29) is 18.9 Å². The smallest absolute Gasteiger partial charge is 0.220 e. The normalized spacial score (nSPS) is 24.5. The number of carbonyl (C=O) groups excluding carboxylic acids is 1. The van der Waals surface area contributed by atoms with Crippen molar-refractivity contribution < 1.29 is 64.6 Å². The second-order valence-corrected chi connectivity index (χ2v) is 23.6. The van der Waals surface area contributed by atoms with Gasteiger partial charge in [0.25, 0.3) is 0 Å². The van der Waals surface area contributed by atoms with Crippen LogP contribution >= 0.6 is 0 Å². The van der Waals surface area contributed by atoms with Crippen molar-refractivity contribution in [3.8, 4) is 0 Å². The van der Waals surface area contributed by atoms with Crippen LogP contribution in [0.1, 0.15) is 290 Å². The highest BCUT2D eigenvalue weighted by molar-refractivity contribution is 5.76. The van der Waals surface area contributed by atoms with Crippen LogP contribution in [0.25, 0.3) is 0 Å². The van der Waals surface area contributed by atoms with Crippen molar-refractivity contribution in [3.05, 3.63) is 24.3 Å². The lowest BCUT2D eigenvalue weighted by atomic mass is 9.97. The minimum absolute atomic E-state index is 0.235. The lowest BCUT2D eigenvalue weighted by Crippen LogP contribution is -2.65. The number of aliphatic hydroxyl groups excluding tert-OH is 8. The molecule has 0 aromatic rings. The maximum absolute atomic E-state index is 13.3. The fourth-order valence-corrected chi connectivity index (χ4v) is 11.1. The third-order valence-electron chi connectivity index (χ3n) is 16.4. The first-order valence-electron chi connectivity index (χ1n) is 33.1. The van der Waals surface area contributed by atoms with Gasteiger partial charge < -0.3 is 65.1 Å². The maximum Gasteiger partial charge on any atom is 0.220 e. The van der Waals surface area contributed by atoms with Crippen molar-refractivity contribution in [2.45, 2.75) is 364 Å². The van der Waals surface area contributed by atoms with Gasteiger partial charge in [-0.05, 0) is 44.9 Å². The molecule has 2 heterocycles. The van der Waals surface area contributed by atoms with Gasteiger partial charge in [0.1, 0.15) is 48.8 Å². The molecule has 0 aromatic heterocycles. The van der Waals surface area contributed by atoms with E-state index in [1.54, 1.807) is 6.08 Å². The zero-order valence-electron chi connectivity index (χ0n) is 50.4. The maximum atomic E-state index is 13.3. The molecule has 2 aliphatic rings. The van der Waals surface area contributed by atoms with Crippen LogP contribution in [0.2, 0.25) is 0 Å². The van der Waals surface area contributed by atoms with Crippen LogP contribution in [0.3, 0.4) is 0 Å². The zero-order chi connectivity index (χ0) is 57.4. The van der Waals surface area contributed by atoms with Crippen molar-refractivity contribution in [1.29, 1.82) is 0 Å². The molecule has 0 bridgehead atoms. The molecular weight excluding hydrogens is 1000 g/mol. The number of hydrogen-bond acceptors (Lipinski definition) is 13. The van der Waals surface area contributed by atoms with E-state index in [1.165, 1.54) is 225 Å². The summed E-state index contributed by atoms with van der Waals surface area (Å²) in [5, 5.41) is 87.3. The Morgan fingerprint density at radius 2 is 0.797 bits per heavy atom. The third-order valence-corrected chi connectivity index (χ3v) is 16.4. The van der Waals surface area contributed by atoms with Gasteiger partial charge in [0, 0.05) is 6.42 Å². The average Bonchev–Trinajstić information content (AvgIpc) is 3.47. The van der Waals surface area contributed by atoms with E-state index >= 15 is 0 Å². The highest BCUT2D eigenvalue weighted by Gasteiger charge is 2.51. The van der Waals surface area contributed by atoms with E-state index in [2.05, 4.69) is 31.3 Å². The number of hydrogen-bond donors (Lipinski definition) is 9. The van der Waals surface area contributed by atoms with E-state index in [1.807, 2.05) is 6.08 Å². The Hall–Kier alpha value is -1.53. The Morgan fingerprint density at radius 3 is 1.20 bits per heavy atom. The molecule has 0 aromatic carbocycles. The van der Waals surface area contributed by atoms with Crippen LogP contribution in [-0.2, 0) is 23.7 Å². The zero-order valence-corrected chi connectivity index (χ0v) is 50.4. The fraction of sp³-hybridized carbons (Fsp3) is 0.923. The molecule has 466 valence electrons. The van der Waals surface area contributed by atoms with Gasteiger partial charge >= 0.3 is 0 Å². The summed E-state index contributed by atoms with van der Waals surface area (Å²) in [4.78, 5) is 13.3. The number of aliphatic hydroxyl groups is 8. The molecule has 12 atom stereocenters. The summed E-state index contributed by atoms with van der Waals surface area (Å²) in [6.45, 7) is 2.84. The molecule has 14 nitrogen and oxygen atoms in total. The summed E-state index contributed by atoms with van der Waals surface area (Å²) in [6.07, 6.45) is 45.0. The summed E-state index contributed by atoms with van der Waals surface area (Å²) in [5.41, 5.74) is 0. The van der Waals surface area contributed by atoms with E-state index in [0.29, 0.717) is 6.42 Å². The van der Waals surface area contributed by atoms with E-state index in [0.717, 1.165) is 38.5 Å². The molecule has 0 spiro atoms. The highest BCUT2D eigenvalue weighted by Crippen LogP contribution is 2.30. The van der Waals surface area contributed by atoms with E-state index in [4.69, 9.17) is 18.9 Å². The molecule has 12 unspecified atom stereocenters. The molecule has 0 radical (unpaired) electrons. The predicted molar refractivity (Wildman–Crippen MR) is 318 cm³/mol. The lowest BCUT2D eigenvalue weighted by molar-refractivity contribution is -0.359. The fourth-order valence-electron chi connectivity index (χ4n) is 11.1. The molecule has 9 N–H and O–H groups in total. The van der Waals surface area contributed by atoms with Crippen LogP contribution in [-0.4, -0.2) is 140 Å². The Bertz CT molecular complexity index is 1420. The molecule has 14 heteroatoms. The number of carbonyl (C=O) groups is 1. The third kappa shape index (κ3) is 36.0. The molecule has 79 heavy (non-hydrogen) atoms. The van der Waals surface area contributed by atoms with Crippen molar-refractivity contribution in [2.75, 3.05) is 19.8 Å². The standard InChI is InChI=1S/C65H123NO13/c1-3-5-7-9-11-13-15-17-19-21-23-25-26-27-28-29-31-33-35-37-39-41-43-45-47-49-57(70)66-53(54(69)48-46-44-42-40-38-36-34-32-30-24-22-20-18-16-14-12-10-8-6-4-2)52-76-64-62(75)60(73)63(56(51-68)78-64)79-65-61(74)59(72)58(71)55(50-67)77-65/h21,23,46,48,53-56,58-65,67-69,71-75H,3-20,22,24-45,47,49-52H2,1-2H3,(H,66,70)/b23-21-,48-46+. The molecule has 0 saturated carbocycles. The van der Waals surface area contributed by atoms with Crippen LogP contribution in [0, 0.1) is 0 Å². The summed E-state index contributed by atoms with van der Waals surface area (Å²) in [5.74, 6) is -0.235. The molecular formula is C65H123NO13. The van der Waals surface area contributed by atoms with Crippen LogP contribution < -0.4 is 5.32 Å². The average molecular weight is 1130 g/mol. The molecule has 2 saturated heterocycles. The largest absolute Gasteiger partial charge is 0.394 e. The first kappa shape index (κ1) is 73.6. The molecule has 0 aliphatic carbocycles. The van der Waals surface area contributed by atoms with Gasteiger partial charge in [0.2, 0.25) is 5.91 Å². The Morgan fingerprint density at radius 1 is 0.443 bits per heavy atom. The number of unbranched alkanes of at least 4 members (excludes halogenated alkanes) is 39. The first-order valence-corrected chi connectivity index (χ1v) is 33.1. The monoisotopic (exact) mass is 1130 g/mol. The first-order chi connectivity index (χ1) is 38.6. The minimum Gasteiger partial charge on any atom is -0.394 e. The van der Waals surface area contributed by atoms with Crippen molar-refractivity contribution in [1.82, 2.24) is 5.32 Å². The number of ether oxygens (including phenoxy) is 4. The Kier molecular flexibility index (Phi) is 47.4. The van der Waals surface area contributed by atoms with Gasteiger partial charge in [-0.1, -0.05) is 263 Å². The SMILES string of the molecule is CCCCCCCCCC/C=C\CCCCCCCCCCCCCCCC(=O)NC(COC1OC(CO)C(OC2OC(CO)C(O)C(O)C2O)C(O)C1O)C(O)/C=C/CCCCCCCCCCCCCCCCCCCC. The van der Waals surface area contributed by atoms with Crippen LogP contribution in [0.5, 0.6) is 0 Å². The summed E-state index contributed by atoms with van der Waals surface area (Å²) in [7, 11) is 0. The number of rotatable bonds is 54. The Labute approximate surface area is 481 Å². The number of amides is 1. The van der Waals surface area contributed by atoms with Gasteiger partial charge in [-0.15, -0.1) is 0 Å². The van der Waals surface area contributed by atoms with Crippen molar-refractivity contribution in [3.63, 3.8) is 0 Å². The van der Waals surface area contributed by atoms with E-state index < -0.39 is 86.8 Å². The minimum atomic E-state index is -1.79. The van der Waals surface area contributed by atoms with Crippen LogP contribution in [0.15, 0.2) is 24.3 Å². The van der Waals surface area contributed by atoms with Gasteiger partial charge in [-0.3, -0.25) is 4.79 Å². The molecule has 2 rings (SSSR count).